The van der Waals surface area contributed by atoms with Crippen molar-refractivity contribution in [3.63, 3.8) is 0 Å². The van der Waals surface area contributed by atoms with Crippen LogP contribution in [0.5, 0.6) is 0 Å². The molecule has 3 atom stereocenters. The Labute approximate surface area is 78.4 Å². The summed E-state index contributed by atoms with van der Waals surface area (Å²) in [4.78, 5) is 0. The van der Waals surface area contributed by atoms with Gasteiger partial charge >= 0.3 is 0 Å². The Hall–Kier alpha value is 0.110. The van der Waals surface area contributed by atoms with Gasteiger partial charge in [-0.1, -0.05) is 27.2 Å². The Balaban J connectivity index is 3.70. The van der Waals surface area contributed by atoms with Crippen LogP contribution in [0.1, 0.15) is 40.0 Å². The zero-order valence-electron chi connectivity index (χ0n) is 8.38. The molecule has 0 saturated carbocycles. The molecule has 3 unspecified atom stereocenters. The van der Waals surface area contributed by atoms with Crippen LogP contribution in [0, 0.1) is 0 Å². The summed E-state index contributed by atoms with van der Waals surface area (Å²) < 4.78 is 11.5. The standard InChI is InChI=1S/C9H21NOS/c1-4-6-8(3)12(11)7-9(10)5-2/h8-9H,4-7,10H2,1-3H3. The zero-order valence-corrected chi connectivity index (χ0v) is 9.19. The maximum Gasteiger partial charge on any atom is 0.0389 e. The van der Waals surface area contributed by atoms with Crippen molar-refractivity contribution in [1.29, 1.82) is 0 Å². The lowest BCUT2D eigenvalue weighted by atomic mass is 10.3. The van der Waals surface area contributed by atoms with E-state index in [-0.39, 0.29) is 6.04 Å². The molecule has 0 radical (unpaired) electrons. The lowest BCUT2D eigenvalue weighted by Crippen LogP contribution is -2.29. The maximum atomic E-state index is 11.5. The van der Waals surface area contributed by atoms with Gasteiger partial charge in [-0.3, -0.25) is 4.21 Å². The number of hydrogen-bond acceptors (Lipinski definition) is 2. The third-order valence-corrected chi connectivity index (χ3v) is 3.94. The van der Waals surface area contributed by atoms with Gasteiger partial charge in [0.2, 0.25) is 0 Å². The summed E-state index contributed by atoms with van der Waals surface area (Å²) in [5.41, 5.74) is 5.71. The zero-order chi connectivity index (χ0) is 9.56. The average Bonchev–Trinajstić information content (AvgIpc) is 2.04. The van der Waals surface area contributed by atoms with Crippen molar-refractivity contribution in [3.05, 3.63) is 0 Å². The quantitative estimate of drug-likeness (QED) is 0.694. The summed E-state index contributed by atoms with van der Waals surface area (Å²) >= 11 is 0. The summed E-state index contributed by atoms with van der Waals surface area (Å²) in [6.45, 7) is 6.20. The van der Waals surface area contributed by atoms with Crippen LogP contribution in [-0.2, 0) is 10.8 Å². The Morgan fingerprint density at radius 1 is 1.42 bits per heavy atom. The fourth-order valence-corrected chi connectivity index (χ4v) is 2.52. The predicted octanol–water partition coefficient (Wildman–Crippen LogP) is 1.66. The van der Waals surface area contributed by atoms with Gasteiger partial charge in [-0.25, -0.2) is 0 Å². The Bertz CT molecular complexity index is 138. The topological polar surface area (TPSA) is 43.1 Å². The molecule has 2 N–H and O–H groups in total. The lowest BCUT2D eigenvalue weighted by Gasteiger charge is -2.13. The molecule has 12 heavy (non-hydrogen) atoms. The molecule has 0 rings (SSSR count). The van der Waals surface area contributed by atoms with Crippen LogP contribution >= 0.6 is 0 Å². The van der Waals surface area contributed by atoms with E-state index in [9.17, 15) is 4.21 Å². The van der Waals surface area contributed by atoms with E-state index < -0.39 is 10.8 Å². The van der Waals surface area contributed by atoms with Gasteiger partial charge in [0.25, 0.3) is 0 Å². The van der Waals surface area contributed by atoms with Crippen LogP contribution in [0.3, 0.4) is 0 Å². The highest BCUT2D eigenvalue weighted by molar-refractivity contribution is 7.85. The molecule has 0 aliphatic heterocycles. The van der Waals surface area contributed by atoms with Gasteiger partial charge in [0.05, 0.1) is 0 Å². The van der Waals surface area contributed by atoms with Gasteiger partial charge < -0.3 is 5.73 Å². The second kappa shape index (κ2) is 6.61. The fraction of sp³-hybridized carbons (Fsp3) is 1.00. The molecule has 74 valence electrons. The third-order valence-electron chi connectivity index (χ3n) is 2.05. The van der Waals surface area contributed by atoms with E-state index >= 15 is 0 Å². The summed E-state index contributed by atoms with van der Waals surface area (Å²) in [6.07, 6.45) is 3.07. The predicted molar refractivity (Wildman–Crippen MR) is 55.6 cm³/mol. The van der Waals surface area contributed by atoms with Crippen molar-refractivity contribution in [3.8, 4) is 0 Å². The van der Waals surface area contributed by atoms with E-state index in [1.54, 1.807) is 0 Å². The second-order valence-electron chi connectivity index (χ2n) is 3.32. The summed E-state index contributed by atoms with van der Waals surface area (Å²) in [7, 11) is -0.720. The first-order valence-electron chi connectivity index (χ1n) is 4.74. The minimum absolute atomic E-state index is 0.116. The van der Waals surface area contributed by atoms with E-state index in [4.69, 9.17) is 5.73 Å². The third kappa shape index (κ3) is 4.88. The van der Waals surface area contributed by atoms with Crippen LogP contribution in [0.2, 0.25) is 0 Å². The van der Waals surface area contributed by atoms with E-state index in [0.29, 0.717) is 11.0 Å². The normalized spacial score (nSPS) is 18.7. The van der Waals surface area contributed by atoms with Crippen LogP contribution in [0.15, 0.2) is 0 Å². The van der Waals surface area contributed by atoms with Crippen molar-refractivity contribution < 1.29 is 4.21 Å². The van der Waals surface area contributed by atoms with Gasteiger partial charge in [0.15, 0.2) is 0 Å². The Morgan fingerprint density at radius 3 is 2.42 bits per heavy atom. The minimum Gasteiger partial charge on any atom is -0.327 e. The van der Waals surface area contributed by atoms with Crippen LogP contribution in [-0.4, -0.2) is 21.3 Å². The fourth-order valence-electron chi connectivity index (χ4n) is 1.03. The van der Waals surface area contributed by atoms with Gasteiger partial charge in [-0.2, -0.15) is 0 Å². The minimum atomic E-state index is -0.720. The van der Waals surface area contributed by atoms with Gasteiger partial charge in [-0.05, 0) is 12.8 Å². The molecule has 0 heterocycles. The molecular weight excluding hydrogens is 170 g/mol. The molecule has 0 amide bonds. The summed E-state index contributed by atoms with van der Waals surface area (Å²) in [6, 6.07) is 0.116. The molecular formula is C9H21NOS. The summed E-state index contributed by atoms with van der Waals surface area (Å²) in [5, 5.41) is 0.313. The summed E-state index contributed by atoms with van der Waals surface area (Å²) in [5.74, 6) is 0.664. The second-order valence-corrected chi connectivity index (χ2v) is 5.21. The first-order valence-corrected chi connectivity index (χ1v) is 6.12. The van der Waals surface area contributed by atoms with Crippen LogP contribution < -0.4 is 5.73 Å². The van der Waals surface area contributed by atoms with E-state index in [2.05, 4.69) is 6.92 Å². The Morgan fingerprint density at radius 2 is 2.00 bits per heavy atom. The highest BCUT2D eigenvalue weighted by Crippen LogP contribution is 2.05. The monoisotopic (exact) mass is 191 g/mol. The Kier molecular flexibility index (Phi) is 6.67. The van der Waals surface area contributed by atoms with Crippen LogP contribution in [0.25, 0.3) is 0 Å². The molecule has 2 nitrogen and oxygen atoms in total. The average molecular weight is 191 g/mol. The number of nitrogens with two attached hydrogens (primary N) is 1. The van der Waals surface area contributed by atoms with Crippen molar-refractivity contribution in [2.75, 3.05) is 5.75 Å². The smallest absolute Gasteiger partial charge is 0.0389 e. The molecule has 0 fully saturated rings. The van der Waals surface area contributed by atoms with E-state index in [0.717, 1.165) is 19.3 Å². The molecule has 0 aromatic rings. The molecule has 0 aromatic carbocycles. The van der Waals surface area contributed by atoms with Gasteiger partial charge in [-0.15, -0.1) is 0 Å². The van der Waals surface area contributed by atoms with Crippen LogP contribution in [0.4, 0.5) is 0 Å². The molecule has 0 aromatic heterocycles. The SMILES string of the molecule is CCCC(C)S(=O)CC(N)CC. The first-order chi connectivity index (χ1) is 5.61. The molecule has 0 aliphatic rings. The van der Waals surface area contributed by atoms with Crippen molar-refractivity contribution in [2.45, 2.75) is 51.3 Å². The van der Waals surface area contributed by atoms with E-state index in [1.165, 1.54) is 0 Å². The highest BCUT2D eigenvalue weighted by Gasteiger charge is 2.12. The first kappa shape index (κ1) is 12.1. The number of rotatable bonds is 6. The number of hydrogen-bond donors (Lipinski definition) is 1. The van der Waals surface area contributed by atoms with Gasteiger partial charge in [0, 0.05) is 27.8 Å². The lowest BCUT2D eigenvalue weighted by molar-refractivity contribution is 0.645. The van der Waals surface area contributed by atoms with Crippen molar-refractivity contribution in [2.24, 2.45) is 5.73 Å². The van der Waals surface area contributed by atoms with Crippen molar-refractivity contribution in [1.82, 2.24) is 0 Å². The molecule has 3 heteroatoms. The maximum absolute atomic E-state index is 11.5. The molecule has 0 saturated heterocycles. The molecule has 0 aliphatic carbocycles. The van der Waals surface area contributed by atoms with Crippen molar-refractivity contribution >= 4 is 10.8 Å². The van der Waals surface area contributed by atoms with E-state index in [1.807, 2.05) is 13.8 Å². The molecule has 0 bridgehead atoms. The highest BCUT2D eigenvalue weighted by atomic mass is 32.2. The van der Waals surface area contributed by atoms with Gasteiger partial charge in [0.1, 0.15) is 0 Å². The largest absolute Gasteiger partial charge is 0.327 e. The molecule has 0 spiro atoms.